The van der Waals surface area contributed by atoms with Gasteiger partial charge in [-0.25, -0.2) is 0 Å². The van der Waals surface area contributed by atoms with Crippen LogP contribution in [0.3, 0.4) is 0 Å². The molecule has 0 fully saturated rings. The minimum atomic E-state index is 0.0838. The number of aliphatic hydroxyl groups is 1. The molecule has 2 heteroatoms. The lowest BCUT2D eigenvalue weighted by molar-refractivity contribution is 0.101. The molecule has 0 spiro atoms. The van der Waals surface area contributed by atoms with Gasteiger partial charge in [0.15, 0.2) is 5.78 Å². The predicted octanol–water partition coefficient (Wildman–Crippen LogP) is 3.60. The number of fused-ring (bicyclic) bond motifs is 1. The van der Waals surface area contributed by atoms with Crippen molar-refractivity contribution in [3.05, 3.63) is 47.5 Å². The van der Waals surface area contributed by atoms with Crippen molar-refractivity contribution in [2.75, 3.05) is 6.61 Å². The average Bonchev–Trinajstić information content (AvgIpc) is 2.40. The Morgan fingerprint density at radius 2 is 1.89 bits per heavy atom. The highest BCUT2D eigenvalue weighted by Crippen LogP contribution is 2.21. The summed E-state index contributed by atoms with van der Waals surface area (Å²) in [6, 6.07) is 11.7. The highest BCUT2D eigenvalue weighted by Gasteiger charge is 2.05. The summed E-state index contributed by atoms with van der Waals surface area (Å²) >= 11 is 0. The van der Waals surface area contributed by atoms with Gasteiger partial charge in [0.2, 0.25) is 0 Å². The first-order valence-electron chi connectivity index (χ1n) is 6.36. The third kappa shape index (κ3) is 3.17. The summed E-state index contributed by atoms with van der Waals surface area (Å²) in [6.07, 6.45) is 0.653. The molecule has 2 aromatic rings. The quantitative estimate of drug-likeness (QED) is 0.837. The lowest BCUT2D eigenvalue weighted by atomic mass is 9.99. The maximum absolute atomic E-state index is 11.4. The van der Waals surface area contributed by atoms with Gasteiger partial charge in [-0.05, 0) is 29.7 Å². The monoisotopic (exact) mass is 244 g/mol. The smallest absolute Gasteiger partial charge is 0.160 e. The van der Waals surface area contributed by atoms with E-state index in [1.54, 1.807) is 6.92 Å². The zero-order valence-corrected chi connectivity index (χ0v) is 11.2. The molecule has 0 atom stereocenters. The van der Waals surface area contributed by atoms with Crippen molar-refractivity contribution in [3.8, 4) is 0 Å². The summed E-state index contributed by atoms with van der Waals surface area (Å²) in [6.45, 7) is 5.73. The fraction of sp³-hybridized carbons (Fsp3) is 0.312. The fourth-order valence-electron chi connectivity index (χ4n) is 1.92. The molecule has 0 aliphatic carbocycles. The van der Waals surface area contributed by atoms with Crippen LogP contribution in [0.25, 0.3) is 10.8 Å². The maximum atomic E-state index is 11.4. The first-order valence-corrected chi connectivity index (χ1v) is 6.36. The fourth-order valence-corrected chi connectivity index (χ4v) is 1.92. The molecule has 0 heterocycles. The van der Waals surface area contributed by atoms with Gasteiger partial charge >= 0.3 is 0 Å². The molecular weight excluding hydrogens is 224 g/mol. The lowest BCUT2D eigenvalue weighted by Gasteiger charge is -2.05. The Bertz CT molecular complexity index is 530. The normalized spacial score (nSPS) is 9.78. The van der Waals surface area contributed by atoms with Crippen LogP contribution in [-0.4, -0.2) is 17.5 Å². The Morgan fingerprint density at radius 1 is 1.17 bits per heavy atom. The van der Waals surface area contributed by atoms with E-state index in [0.717, 1.165) is 21.9 Å². The molecule has 0 saturated carbocycles. The molecule has 0 aliphatic rings. The van der Waals surface area contributed by atoms with E-state index in [1.165, 1.54) is 0 Å². The van der Waals surface area contributed by atoms with Gasteiger partial charge in [-0.2, -0.15) is 0 Å². The van der Waals surface area contributed by atoms with E-state index < -0.39 is 0 Å². The van der Waals surface area contributed by atoms with Crippen LogP contribution in [0.4, 0.5) is 0 Å². The second kappa shape index (κ2) is 6.92. The van der Waals surface area contributed by atoms with Gasteiger partial charge in [0.1, 0.15) is 0 Å². The van der Waals surface area contributed by atoms with Crippen LogP contribution >= 0.6 is 0 Å². The molecule has 18 heavy (non-hydrogen) atoms. The van der Waals surface area contributed by atoms with Gasteiger partial charge in [-0.15, -0.1) is 0 Å². The largest absolute Gasteiger partial charge is 0.396 e. The Morgan fingerprint density at radius 3 is 2.50 bits per heavy atom. The minimum absolute atomic E-state index is 0.0838. The highest BCUT2D eigenvalue weighted by molar-refractivity contribution is 6.07. The summed E-state index contributed by atoms with van der Waals surface area (Å²) in [4.78, 5) is 11.4. The number of aliphatic hydroxyl groups excluding tert-OH is 1. The third-order valence-electron chi connectivity index (χ3n) is 2.72. The van der Waals surface area contributed by atoms with E-state index in [2.05, 4.69) is 0 Å². The van der Waals surface area contributed by atoms with Gasteiger partial charge in [-0.1, -0.05) is 50.2 Å². The second-order valence-electron chi connectivity index (χ2n) is 3.89. The molecule has 0 radical (unpaired) electrons. The summed E-state index contributed by atoms with van der Waals surface area (Å²) in [5, 5.41) is 10.9. The van der Waals surface area contributed by atoms with Crippen LogP contribution in [0.2, 0.25) is 0 Å². The van der Waals surface area contributed by atoms with Crippen molar-refractivity contribution in [1.82, 2.24) is 0 Å². The van der Waals surface area contributed by atoms with E-state index in [-0.39, 0.29) is 12.4 Å². The van der Waals surface area contributed by atoms with E-state index >= 15 is 0 Å². The number of ketones is 1. The molecule has 0 aromatic heterocycles. The number of rotatable bonds is 3. The lowest BCUT2D eigenvalue weighted by Crippen LogP contribution is -1.95. The highest BCUT2D eigenvalue weighted by atomic mass is 16.2. The molecule has 2 aromatic carbocycles. The molecule has 2 nitrogen and oxygen atoms in total. The Hall–Kier alpha value is -1.67. The van der Waals surface area contributed by atoms with Crippen LogP contribution in [0.1, 0.15) is 36.7 Å². The molecule has 0 saturated heterocycles. The van der Waals surface area contributed by atoms with E-state index in [0.29, 0.717) is 6.42 Å². The standard InChI is InChI=1S/C14H14O2.C2H6/c1-10(16)13-4-2-3-12-9-11(7-8-15)5-6-14(12)13;1-2/h2-6,9,15H,7-8H2,1H3;1-2H3. The van der Waals surface area contributed by atoms with Gasteiger partial charge in [0.25, 0.3) is 0 Å². The van der Waals surface area contributed by atoms with Crippen LogP contribution in [-0.2, 0) is 6.42 Å². The van der Waals surface area contributed by atoms with Crippen LogP contribution in [0.5, 0.6) is 0 Å². The maximum Gasteiger partial charge on any atom is 0.160 e. The first kappa shape index (κ1) is 14.4. The van der Waals surface area contributed by atoms with E-state index in [9.17, 15) is 4.79 Å². The number of hydrogen-bond donors (Lipinski definition) is 1. The van der Waals surface area contributed by atoms with Crippen LogP contribution in [0, 0.1) is 0 Å². The van der Waals surface area contributed by atoms with Crippen molar-refractivity contribution in [3.63, 3.8) is 0 Å². The minimum Gasteiger partial charge on any atom is -0.396 e. The van der Waals surface area contributed by atoms with Crippen LogP contribution < -0.4 is 0 Å². The van der Waals surface area contributed by atoms with Gasteiger partial charge in [0.05, 0.1) is 0 Å². The summed E-state index contributed by atoms with van der Waals surface area (Å²) in [5.74, 6) is 0.0838. The Balaban J connectivity index is 0.000000771. The van der Waals surface area contributed by atoms with Crippen molar-refractivity contribution in [1.29, 1.82) is 0 Å². The van der Waals surface area contributed by atoms with Gasteiger partial charge in [0, 0.05) is 12.2 Å². The van der Waals surface area contributed by atoms with Crippen LogP contribution in [0.15, 0.2) is 36.4 Å². The molecule has 0 unspecified atom stereocenters. The third-order valence-corrected chi connectivity index (χ3v) is 2.72. The predicted molar refractivity (Wildman–Crippen MR) is 76.1 cm³/mol. The first-order chi connectivity index (χ1) is 8.72. The Kier molecular flexibility index (Phi) is 5.53. The van der Waals surface area contributed by atoms with Crippen molar-refractivity contribution < 1.29 is 9.90 Å². The number of carbonyl (C=O) groups excluding carboxylic acids is 1. The van der Waals surface area contributed by atoms with E-state index in [4.69, 9.17) is 5.11 Å². The molecule has 1 N–H and O–H groups in total. The Labute approximate surface area is 108 Å². The summed E-state index contributed by atoms with van der Waals surface area (Å²) in [7, 11) is 0. The topological polar surface area (TPSA) is 37.3 Å². The molecular formula is C16H20O2. The van der Waals surface area contributed by atoms with E-state index in [1.807, 2.05) is 50.2 Å². The van der Waals surface area contributed by atoms with Crippen molar-refractivity contribution in [2.24, 2.45) is 0 Å². The van der Waals surface area contributed by atoms with Gasteiger partial charge in [-0.3, -0.25) is 4.79 Å². The number of carbonyl (C=O) groups is 1. The summed E-state index contributed by atoms with van der Waals surface area (Å²) in [5.41, 5.74) is 1.85. The number of hydrogen-bond acceptors (Lipinski definition) is 2. The zero-order valence-electron chi connectivity index (χ0n) is 11.2. The zero-order chi connectivity index (χ0) is 13.5. The SMILES string of the molecule is CC.CC(=O)c1cccc2cc(CCO)ccc12. The van der Waals surface area contributed by atoms with Crippen molar-refractivity contribution >= 4 is 16.6 Å². The molecule has 0 aliphatic heterocycles. The molecule has 96 valence electrons. The van der Waals surface area contributed by atoms with Gasteiger partial charge < -0.3 is 5.11 Å². The second-order valence-corrected chi connectivity index (χ2v) is 3.89. The van der Waals surface area contributed by atoms with Crippen molar-refractivity contribution in [2.45, 2.75) is 27.2 Å². The molecule has 0 amide bonds. The molecule has 0 bridgehead atoms. The number of Topliss-reactive ketones (excluding diaryl/α,β-unsaturated/α-hetero) is 1. The average molecular weight is 244 g/mol. The number of benzene rings is 2. The summed E-state index contributed by atoms with van der Waals surface area (Å²) < 4.78 is 0. The molecule has 2 rings (SSSR count).